The summed E-state index contributed by atoms with van der Waals surface area (Å²) in [6.45, 7) is 11.5. The van der Waals surface area contributed by atoms with Crippen molar-refractivity contribution < 1.29 is 18.9 Å². The van der Waals surface area contributed by atoms with E-state index in [2.05, 4.69) is 44.3 Å². The van der Waals surface area contributed by atoms with Gasteiger partial charge < -0.3 is 19.5 Å². The Morgan fingerprint density at radius 3 is 2.63 bits per heavy atom. The number of amides is 2. The lowest BCUT2D eigenvalue weighted by molar-refractivity contribution is -0.199. The van der Waals surface area contributed by atoms with Crippen LogP contribution in [0.25, 0.3) is 0 Å². The smallest absolute Gasteiger partial charge is 0.404 e. The van der Waals surface area contributed by atoms with E-state index in [1.807, 2.05) is 36.9 Å². The Balaban J connectivity index is 1.25. The van der Waals surface area contributed by atoms with Crippen LogP contribution in [0.1, 0.15) is 85.1 Å². The fourth-order valence-electron chi connectivity index (χ4n) is 7.94. The third-order valence-corrected chi connectivity index (χ3v) is 10.4. The molecule has 2 saturated heterocycles. The van der Waals surface area contributed by atoms with E-state index in [0.29, 0.717) is 37.6 Å². The Morgan fingerprint density at radius 1 is 1.20 bits per heavy atom. The minimum atomic E-state index is -0.503. The highest BCUT2D eigenvalue weighted by Gasteiger charge is 2.68. The van der Waals surface area contributed by atoms with Crippen molar-refractivity contribution in [2.24, 2.45) is 23.2 Å². The number of nitriles is 1. The molecular formula is C33H46BN3O4. The average molecular weight is 560 g/mol. The lowest BCUT2D eigenvalue weighted by atomic mass is 9.43. The van der Waals surface area contributed by atoms with Gasteiger partial charge in [-0.05, 0) is 80.6 Å². The van der Waals surface area contributed by atoms with E-state index in [1.165, 1.54) is 6.42 Å². The monoisotopic (exact) mass is 559 g/mol. The van der Waals surface area contributed by atoms with Gasteiger partial charge in [0.1, 0.15) is 11.6 Å². The second kappa shape index (κ2) is 11.9. The molecule has 6 rings (SSSR count). The zero-order chi connectivity index (χ0) is 29.4. The summed E-state index contributed by atoms with van der Waals surface area (Å²) in [6, 6.07) is 12.2. The molecule has 3 saturated carbocycles. The second-order valence-electron chi connectivity index (χ2n) is 13.8. The van der Waals surface area contributed by atoms with E-state index in [-0.39, 0.29) is 52.4 Å². The van der Waals surface area contributed by atoms with E-state index in [9.17, 15) is 14.9 Å². The summed E-state index contributed by atoms with van der Waals surface area (Å²) in [7, 11) is -0.503. The molecule has 1 aromatic rings. The Hall–Kier alpha value is -2.63. The molecular weight excluding hydrogens is 513 g/mol. The van der Waals surface area contributed by atoms with Crippen LogP contribution in [0.15, 0.2) is 42.0 Å². The van der Waals surface area contributed by atoms with Crippen molar-refractivity contribution in [2.75, 3.05) is 6.54 Å². The van der Waals surface area contributed by atoms with Crippen LogP contribution in [0.2, 0.25) is 0 Å². The number of nitrogens with one attached hydrogen (secondary N) is 1. The SMILES string of the molecule is CC(C)/C=C(\C#N)C(=O)N1CCCCC1CCC(=O)N[C@@H](Cc1ccccc1)B1O[C@@H]2C[C@@H]3C[C@@H](C3(C)C)[C@]2(C)O1. The van der Waals surface area contributed by atoms with Gasteiger partial charge in [0.05, 0.1) is 17.6 Å². The maximum absolute atomic E-state index is 13.4. The number of likely N-dealkylation sites (tertiary alicyclic amines) is 1. The van der Waals surface area contributed by atoms with Gasteiger partial charge >= 0.3 is 7.12 Å². The number of allylic oxidation sites excluding steroid dienone is 1. The molecule has 2 amide bonds. The van der Waals surface area contributed by atoms with Crippen LogP contribution in [-0.2, 0) is 25.3 Å². The van der Waals surface area contributed by atoms with E-state index in [0.717, 1.165) is 31.2 Å². The number of rotatable bonds is 9. The lowest BCUT2D eigenvalue weighted by Gasteiger charge is -2.64. The minimum absolute atomic E-state index is 0.0479. The van der Waals surface area contributed by atoms with Gasteiger partial charge in [-0.25, -0.2) is 0 Å². The number of benzene rings is 1. The first-order valence-corrected chi connectivity index (χ1v) is 15.6. The average Bonchev–Trinajstić information content (AvgIpc) is 3.32. The standard InChI is InChI=1S/C33H46BN3O4/c1-22(2)17-24(21-35)31(39)37-16-10-9-13-26(37)14-15-30(38)36-29(18-23-11-7-6-8-12-23)34-40-28-20-25-19-27(32(25,3)4)33(28,5)41-34/h6-8,11-12,17,22,25-29H,9-10,13-16,18-20H2,1-5H3,(H,36,38)/b24-17+/t25-,26?,27-,28+,29-,33-/m0/s1. The van der Waals surface area contributed by atoms with Crippen molar-refractivity contribution in [1.29, 1.82) is 5.26 Å². The molecule has 2 aliphatic heterocycles. The van der Waals surface area contributed by atoms with Gasteiger partial charge in [-0.3, -0.25) is 9.59 Å². The number of hydrogen-bond donors (Lipinski definition) is 1. The summed E-state index contributed by atoms with van der Waals surface area (Å²) >= 11 is 0. The fourth-order valence-corrected chi connectivity index (χ4v) is 7.94. The van der Waals surface area contributed by atoms with Crippen molar-refractivity contribution in [2.45, 2.75) is 110 Å². The largest absolute Gasteiger partial charge is 0.482 e. The lowest BCUT2D eigenvalue weighted by Crippen LogP contribution is -2.65. The summed E-state index contributed by atoms with van der Waals surface area (Å²) in [5, 5.41) is 12.9. The van der Waals surface area contributed by atoms with Gasteiger partial charge in [0.15, 0.2) is 0 Å². The Kier molecular flexibility index (Phi) is 8.69. The molecule has 0 radical (unpaired) electrons. The molecule has 7 nitrogen and oxygen atoms in total. The molecule has 3 aliphatic carbocycles. The summed E-state index contributed by atoms with van der Waals surface area (Å²) in [4.78, 5) is 28.5. The van der Waals surface area contributed by atoms with Crippen LogP contribution >= 0.6 is 0 Å². The Labute approximate surface area is 246 Å². The second-order valence-corrected chi connectivity index (χ2v) is 13.8. The maximum Gasteiger partial charge on any atom is 0.482 e. The first kappa shape index (κ1) is 29.9. The first-order chi connectivity index (χ1) is 19.5. The number of nitrogens with zero attached hydrogens (tertiary/aromatic N) is 2. The highest BCUT2D eigenvalue weighted by Crippen LogP contribution is 2.65. The van der Waals surface area contributed by atoms with Crippen LogP contribution in [0.4, 0.5) is 0 Å². The van der Waals surface area contributed by atoms with Gasteiger partial charge in [0.25, 0.3) is 5.91 Å². The Morgan fingerprint density at radius 2 is 1.95 bits per heavy atom. The molecule has 8 heteroatoms. The topological polar surface area (TPSA) is 91.7 Å². The number of piperidine rings is 1. The molecule has 41 heavy (non-hydrogen) atoms. The molecule has 5 aliphatic rings. The van der Waals surface area contributed by atoms with E-state index in [4.69, 9.17) is 9.31 Å². The van der Waals surface area contributed by atoms with Gasteiger partial charge in [0.2, 0.25) is 5.91 Å². The summed E-state index contributed by atoms with van der Waals surface area (Å²) in [5.74, 6) is 0.656. The van der Waals surface area contributed by atoms with Gasteiger partial charge in [-0.15, -0.1) is 0 Å². The van der Waals surface area contributed by atoms with Crippen LogP contribution in [0, 0.1) is 34.5 Å². The normalized spacial score (nSPS) is 31.2. The van der Waals surface area contributed by atoms with Crippen molar-refractivity contribution in [3.63, 3.8) is 0 Å². The van der Waals surface area contributed by atoms with Crippen LogP contribution in [0.3, 0.4) is 0 Å². The van der Waals surface area contributed by atoms with E-state index >= 15 is 0 Å². The molecule has 1 aromatic carbocycles. The van der Waals surface area contributed by atoms with Gasteiger partial charge in [0, 0.05) is 19.0 Å². The van der Waals surface area contributed by atoms with Crippen molar-refractivity contribution in [3.05, 3.63) is 47.5 Å². The third kappa shape index (κ3) is 5.99. The number of carbonyl (C=O) groups excluding carboxylic acids is 2. The van der Waals surface area contributed by atoms with Crippen LogP contribution < -0.4 is 5.32 Å². The number of hydrogen-bond acceptors (Lipinski definition) is 5. The molecule has 2 bridgehead atoms. The van der Waals surface area contributed by atoms with E-state index < -0.39 is 7.12 Å². The molecule has 1 N–H and O–H groups in total. The predicted molar refractivity (Wildman–Crippen MR) is 159 cm³/mol. The molecule has 220 valence electrons. The molecule has 6 atom stereocenters. The molecule has 1 unspecified atom stereocenters. The highest BCUT2D eigenvalue weighted by molar-refractivity contribution is 6.48. The highest BCUT2D eigenvalue weighted by atomic mass is 16.7. The fraction of sp³-hybridized carbons (Fsp3) is 0.667. The van der Waals surface area contributed by atoms with Gasteiger partial charge in [-0.1, -0.05) is 64.1 Å². The van der Waals surface area contributed by atoms with Crippen LogP contribution in [0.5, 0.6) is 0 Å². The molecule has 2 heterocycles. The van der Waals surface area contributed by atoms with Crippen molar-refractivity contribution in [3.8, 4) is 6.07 Å². The zero-order valence-electron chi connectivity index (χ0n) is 25.4. The predicted octanol–water partition coefficient (Wildman–Crippen LogP) is 5.25. The van der Waals surface area contributed by atoms with E-state index in [1.54, 1.807) is 6.08 Å². The van der Waals surface area contributed by atoms with Gasteiger partial charge in [-0.2, -0.15) is 5.26 Å². The Bertz CT molecular complexity index is 1190. The maximum atomic E-state index is 13.4. The quantitative estimate of drug-likeness (QED) is 0.254. The third-order valence-electron chi connectivity index (χ3n) is 10.4. The minimum Gasteiger partial charge on any atom is -0.404 e. The molecule has 5 fully saturated rings. The van der Waals surface area contributed by atoms with Crippen molar-refractivity contribution >= 4 is 18.9 Å². The first-order valence-electron chi connectivity index (χ1n) is 15.6. The van der Waals surface area contributed by atoms with Crippen molar-refractivity contribution in [1.82, 2.24) is 10.2 Å². The van der Waals surface area contributed by atoms with Crippen LogP contribution in [-0.4, -0.2) is 54.1 Å². The summed E-state index contributed by atoms with van der Waals surface area (Å²) < 4.78 is 13.3. The summed E-state index contributed by atoms with van der Waals surface area (Å²) in [5.41, 5.74) is 1.24. The molecule has 0 spiro atoms. The molecule has 0 aromatic heterocycles. The summed E-state index contributed by atoms with van der Waals surface area (Å²) in [6.07, 6.45) is 8.26. The zero-order valence-corrected chi connectivity index (χ0v) is 25.4. The number of carbonyl (C=O) groups is 2.